The predicted octanol–water partition coefficient (Wildman–Crippen LogP) is 10.3. The van der Waals surface area contributed by atoms with E-state index >= 15 is 0 Å². The van der Waals surface area contributed by atoms with Crippen LogP contribution in [0.25, 0.3) is 5.69 Å². The third-order valence-electron chi connectivity index (χ3n) is 12.6. The van der Waals surface area contributed by atoms with Crippen LogP contribution < -0.4 is 53.6 Å². The van der Waals surface area contributed by atoms with E-state index in [0.717, 1.165) is 28.4 Å². The van der Waals surface area contributed by atoms with Gasteiger partial charge >= 0.3 is 11.4 Å². The SMILES string of the molecule is C.C.CC(C)(C)n1cc[nH]c1=O.CNC(=O)C(Cc1ccc(-n2ccn(C(C)(C)C)c2=O)cc1)NC(=O)c1ccc(OC(C)C)c(Cl)c1.CNC(=O)C(Cc1ccc(Br)cc1)NC(=O)c1ccc(OC(C)C)c(Cl)c1.N[C@H]1CCCC[C@@H]1N. The molecule has 2 heterocycles. The highest BCUT2D eigenvalue weighted by molar-refractivity contribution is 9.10. The molecular weight excluding hydrogens is 1160 g/mol. The molecule has 0 saturated heterocycles. The van der Waals surface area contributed by atoms with Gasteiger partial charge in [0.2, 0.25) is 11.8 Å². The zero-order chi connectivity index (χ0) is 60.4. The first-order valence-electron chi connectivity index (χ1n) is 26.9. The lowest BCUT2D eigenvalue weighted by atomic mass is 9.92. The van der Waals surface area contributed by atoms with Gasteiger partial charge in [0.1, 0.15) is 23.6 Å². The number of rotatable bonds is 15. The normalized spacial score (nSPS) is 14.4. The highest BCUT2D eigenvalue weighted by Gasteiger charge is 2.25. The highest BCUT2D eigenvalue weighted by atomic mass is 79.9. The minimum Gasteiger partial charge on any atom is -0.489 e. The lowest BCUT2D eigenvalue weighted by molar-refractivity contribution is -0.123. The van der Waals surface area contributed by atoms with Gasteiger partial charge in [-0.25, -0.2) is 9.59 Å². The number of imidazole rings is 2. The molecule has 7 rings (SSSR count). The number of H-pyrrole nitrogens is 1. The summed E-state index contributed by atoms with van der Waals surface area (Å²) in [5, 5.41) is 11.4. The third kappa shape index (κ3) is 22.8. The fraction of sp³-hybridized carbons (Fsp3) is 0.452. The van der Waals surface area contributed by atoms with Crippen LogP contribution in [0.15, 0.2) is 124 Å². The molecule has 2 aromatic heterocycles. The van der Waals surface area contributed by atoms with Gasteiger partial charge in [-0.1, -0.05) is 91.1 Å². The second-order valence-electron chi connectivity index (χ2n) is 22.0. The Balaban J connectivity index is 0.000000435. The van der Waals surface area contributed by atoms with Gasteiger partial charge < -0.3 is 47.2 Å². The van der Waals surface area contributed by atoms with Crippen LogP contribution in [0.1, 0.15) is 142 Å². The molecule has 0 aliphatic heterocycles. The second kappa shape index (κ2) is 33.6. The fourth-order valence-electron chi connectivity index (χ4n) is 8.24. The molecule has 1 saturated carbocycles. The Morgan fingerprint density at radius 1 is 0.639 bits per heavy atom. The summed E-state index contributed by atoms with van der Waals surface area (Å²) in [7, 11) is 3.06. The molecule has 0 spiro atoms. The number of nitrogens with two attached hydrogens (primary N) is 2. The molecule has 1 aliphatic carbocycles. The number of carbonyl (C=O) groups is 4. The van der Waals surface area contributed by atoms with Crippen molar-refractivity contribution in [3.05, 3.63) is 167 Å². The van der Waals surface area contributed by atoms with E-state index in [1.807, 2.05) is 118 Å². The zero-order valence-electron chi connectivity index (χ0n) is 48.5. The topological polar surface area (TPSA) is 252 Å². The Bertz CT molecular complexity index is 3110. The molecule has 18 nitrogen and oxygen atoms in total. The number of hydrogen-bond donors (Lipinski definition) is 7. The average molecular weight is 1250 g/mol. The number of nitrogens with zero attached hydrogens (tertiary/aromatic N) is 3. The second-order valence-corrected chi connectivity index (χ2v) is 23.7. The molecule has 0 bridgehead atoms. The van der Waals surface area contributed by atoms with Crippen molar-refractivity contribution < 1.29 is 28.7 Å². The number of likely N-dealkylation sites (N-methyl/N-ethyl adjacent to an activating group) is 2. The molecule has 4 aromatic carbocycles. The van der Waals surface area contributed by atoms with Gasteiger partial charge in [-0.15, -0.1) is 0 Å². The van der Waals surface area contributed by atoms with E-state index in [9.17, 15) is 28.8 Å². The van der Waals surface area contributed by atoms with Gasteiger partial charge in [-0.05, 0) is 154 Å². The van der Waals surface area contributed by atoms with Crippen molar-refractivity contribution in [2.75, 3.05) is 14.1 Å². The van der Waals surface area contributed by atoms with Gasteiger partial charge in [0.15, 0.2) is 0 Å². The molecule has 0 radical (unpaired) electrons. The Labute approximate surface area is 508 Å². The number of benzene rings is 4. The third-order valence-corrected chi connectivity index (χ3v) is 13.7. The van der Waals surface area contributed by atoms with Crippen molar-refractivity contribution >= 4 is 62.8 Å². The van der Waals surface area contributed by atoms with Gasteiger partial charge in [0, 0.05) is 90.5 Å². The summed E-state index contributed by atoms with van der Waals surface area (Å²) in [5.41, 5.74) is 13.8. The smallest absolute Gasteiger partial charge is 0.333 e. The van der Waals surface area contributed by atoms with E-state index in [1.165, 1.54) is 39.1 Å². The molecule has 1 fully saturated rings. The van der Waals surface area contributed by atoms with Crippen molar-refractivity contribution in [3.63, 3.8) is 0 Å². The Morgan fingerprint density at radius 2 is 1.05 bits per heavy atom. The van der Waals surface area contributed by atoms with Crippen LogP contribution in [0, 0.1) is 0 Å². The lowest BCUT2D eigenvalue weighted by Gasteiger charge is -2.24. The number of carbonyl (C=O) groups excluding carboxylic acids is 4. The van der Waals surface area contributed by atoms with Crippen molar-refractivity contribution in [2.24, 2.45) is 11.5 Å². The first-order valence-corrected chi connectivity index (χ1v) is 28.5. The number of halogens is 3. The number of ether oxygens (including phenoxy) is 2. The predicted molar refractivity (Wildman–Crippen MR) is 340 cm³/mol. The summed E-state index contributed by atoms with van der Waals surface area (Å²) >= 11 is 15.8. The van der Waals surface area contributed by atoms with Gasteiger partial charge in [0.05, 0.1) is 27.9 Å². The number of hydrogen-bond acceptors (Lipinski definition) is 10. The number of aromatic amines is 1. The van der Waals surface area contributed by atoms with E-state index in [2.05, 4.69) is 42.2 Å². The van der Waals surface area contributed by atoms with Crippen molar-refractivity contribution in [1.29, 1.82) is 0 Å². The number of aromatic nitrogens is 4. The quantitative estimate of drug-likeness (QED) is 0.0512. The highest BCUT2D eigenvalue weighted by Crippen LogP contribution is 2.28. The molecule has 21 heteroatoms. The van der Waals surface area contributed by atoms with Crippen molar-refractivity contribution in [2.45, 2.75) is 170 Å². The standard InChI is InChI=1S/C27H33ClN4O4.C20H22BrClN2O3.C7H12N2O.C6H14N2.2CH4/c1-17(2)36-23-12-9-19(16-21(23)28)24(33)30-22(25(34)29-6)15-18-7-10-20(11-8-18)31-13-14-32(26(31)35)27(3,4)5;1-12(2)27-18-9-6-14(11-16(18)22)19(25)24-17(20(26)23-3)10-13-4-7-15(21)8-5-13;1-7(2,3)9-5-4-8-6(9)10;7-5-3-1-2-4-6(5)8;;/h7-14,16-17,22H,15H2,1-6H3,(H,29,34)(H,30,33);4-9,11-12,17H,10H2,1-3H3,(H,23,26)(H,24,25);4-5H,1-3H3,(H,8,10);5-6H,1-4,7-8H2;2*1H4/t;;;5-,6-;;/m...0../s1. The summed E-state index contributed by atoms with van der Waals surface area (Å²) < 4.78 is 17.0. The van der Waals surface area contributed by atoms with Crippen LogP contribution >= 0.6 is 39.1 Å². The molecule has 9 N–H and O–H groups in total. The maximum Gasteiger partial charge on any atom is 0.333 e. The fourth-order valence-corrected chi connectivity index (χ4v) is 8.95. The molecule has 4 atom stereocenters. The van der Waals surface area contributed by atoms with Gasteiger partial charge in [-0.2, -0.15) is 0 Å². The van der Waals surface area contributed by atoms with Crippen LogP contribution in [-0.4, -0.2) is 92.8 Å². The molecule has 83 heavy (non-hydrogen) atoms. The van der Waals surface area contributed by atoms with Crippen molar-refractivity contribution in [1.82, 2.24) is 40.0 Å². The first-order chi connectivity index (χ1) is 38.0. The maximum atomic E-state index is 12.9. The monoisotopic (exact) mass is 1250 g/mol. The van der Waals surface area contributed by atoms with Crippen LogP contribution in [0.4, 0.5) is 0 Å². The zero-order valence-corrected chi connectivity index (χ0v) is 51.6. The molecule has 4 amide bonds. The van der Waals surface area contributed by atoms with Gasteiger partial charge in [-0.3, -0.25) is 32.9 Å². The van der Waals surface area contributed by atoms with E-state index < -0.39 is 18.0 Å². The van der Waals surface area contributed by atoms with E-state index in [1.54, 1.807) is 62.8 Å². The van der Waals surface area contributed by atoms with Crippen LogP contribution in [0.5, 0.6) is 11.5 Å². The number of amides is 4. The van der Waals surface area contributed by atoms with E-state index in [4.69, 9.17) is 44.1 Å². The summed E-state index contributed by atoms with van der Waals surface area (Å²) in [5.74, 6) is -0.384. The van der Waals surface area contributed by atoms with E-state index in [-0.39, 0.29) is 85.7 Å². The summed E-state index contributed by atoms with van der Waals surface area (Å²) in [6.45, 7) is 19.4. The molecule has 1 aliphatic rings. The van der Waals surface area contributed by atoms with Crippen LogP contribution in [-0.2, 0) is 33.5 Å². The molecule has 2 unspecified atom stereocenters. The lowest BCUT2D eigenvalue weighted by Crippen LogP contribution is -2.47. The minimum atomic E-state index is -0.802. The molecular formula is C62H89BrCl2N10O8. The van der Waals surface area contributed by atoms with E-state index in [0.29, 0.717) is 44.8 Å². The molecule has 6 aromatic rings. The summed E-state index contributed by atoms with van der Waals surface area (Å²) in [6.07, 6.45) is 12.3. The Morgan fingerprint density at radius 3 is 1.36 bits per heavy atom. The largest absolute Gasteiger partial charge is 0.489 e. The Hall–Kier alpha value is -6.64. The summed E-state index contributed by atoms with van der Waals surface area (Å²) in [6, 6.07) is 23.6. The van der Waals surface area contributed by atoms with Crippen LogP contribution in [0.2, 0.25) is 10.0 Å². The first kappa shape index (κ1) is 72.5. The van der Waals surface area contributed by atoms with Crippen molar-refractivity contribution in [3.8, 4) is 17.2 Å². The summed E-state index contributed by atoms with van der Waals surface area (Å²) in [4.78, 5) is 76.6. The van der Waals surface area contributed by atoms with Crippen LogP contribution in [0.3, 0.4) is 0 Å². The van der Waals surface area contributed by atoms with Gasteiger partial charge in [0.25, 0.3) is 11.8 Å². The molecule has 456 valence electrons. The number of nitrogens with one attached hydrogen (secondary N) is 5. The Kier molecular flexibility index (Phi) is 29.3. The minimum absolute atomic E-state index is 0. The maximum absolute atomic E-state index is 12.9. The average Bonchev–Trinajstić information content (AvgIpc) is 4.19.